The Morgan fingerprint density at radius 3 is 2.47 bits per heavy atom. The molecule has 0 aromatic rings. The van der Waals surface area contributed by atoms with Crippen LogP contribution in [0, 0.1) is 0 Å². The lowest BCUT2D eigenvalue weighted by Gasteiger charge is -2.32. The summed E-state index contributed by atoms with van der Waals surface area (Å²) in [6.45, 7) is 6.08. The van der Waals surface area contributed by atoms with Crippen LogP contribution in [0.5, 0.6) is 0 Å². The summed E-state index contributed by atoms with van der Waals surface area (Å²) in [4.78, 5) is 15.6. The van der Waals surface area contributed by atoms with Crippen molar-refractivity contribution in [2.24, 2.45) is 0 Å². The zero-order chi connectivity index (χ0) is 14.1. The van der Waals surface area contributed by atoms with Crippen LogP contribution in [0.2, 0.25) is 0 Å². The maximum absolute atomic E-state index is 11.6. The summed E-state index contributed by atoms with van der Waals surface area (Å²) in [5.41, 5.74) is 0. The number of carbonyl (C=O) groups excluding carboxylic acids is 1. The molecule has 1 aliphatic rings. The molecule has 0 saturated carbocycles. The highest BCUT2D eigenvalue weighted by molar-refractivity contribution is 5.77. The van der Waals surface area contributed by atoms with Crippen LogP contribution in [-0.2, 0) is 4.79 Å². The highest BCUT2D eigenvalue weighted by Gasteiger charge is 2.20. The van der Waals surface area contributed by atoms with E-state index < -0.39 is 0 Å². The van der Waals surface area contributed by atoms with E-state index in [9.17, 15) is 4.79 Å². The topological polar surface area (TPSA) is 35.6 Å². The number of piperidine rings is 1. The fraction of sp³-hybridized carbons (Fsp3) is 0.933. The van der Waals surface area contributed by atoms with Gasteiger partial charge < -0.3 is 10.2 Å². The normalized spacial score (nSPS) is 17.6. The Balaban J connectivity index is 2.07. The predicted octanol–water partition coefficient (Wildman–Crippen LogP) is 1.71. The number of amides is 1. The van der Waals surface area contributed by atoms with Gasteiger partial charge in [0, 0.05) is 33.2 Å². The molecule has 112 valence electrons. The van der Waals surface area contributed by atoms with E-state index in [1.54, 1.807) is 4.90 Å². The molecule has 1 saturated heterocycles. The predicted molar refractivity (Wildman–Crippen MR) is 80.3 cm³/mol. The molecule has 1 aliphatic heterocycles. The molecule has 1 amide bonds. The number of nitrogens with one attached hydrogen (secondary N) is 1. The average molecular weight is 269 g/mol. The summed E-state index contributed by atoms with van der Waals surface area (Å²) in [7, 11) is 3.65. The molecule has 1 fully saturated rings. The average Bonchev–Trinajstić information content (AvgIpc) is 2.40. The molecule has 0 unspecified atom stereocenters. The summed E-state index contributed by atoms with van der Waals surface area (Å²) in [5, 5.41) is 3.66. The first-order valence-corrected chi connectivity index (χ1v) is 7.79. The van der Waals surface area contributed by atoms with Crippen molar-refractivity contribution >= 4 is 5.91 Å². The summed E-state index contributed by atoms with van der Waals surface area (Å²) in [6, 6.07) is 0.660. The van der Waals surface area contributed by atoms with Gasteiger partial charge in [0.05, 0.1) is 6.54 Å². The third-order valence-corrected chi connectivity index (χ3v) is 3.91. The van der Waals surface area contributed by atoms with Crippen molar-refractivity contribution in [3.8, 4) is 0 Å². The number of hydrogen-bond donors (Lipinski definition) is 1. The molecule has 0 atom stereocenters. The largest absolute Gasteiger partial charge is 0.348 e. The van der Waals surface area contributed by atoms with Crippen LogP contribution in [0.3, 0.4) is 0 Å². The van der Waals surface area contributed by atoms with Crippen molar-refractivity contribution in [2.45, 2.75) is 51.5 Å². The smallest absolute Gasteiger partial charge is 0.236 e. The molecule has 1 N–H and O–H groups in total. The van der Waals surface area contributed by atoms with E-state index in [0.717, 1.165) is 19.6 Å². The molecule has 1 heterocycles. The van der Waals surface area contributed by atoms with Gasteiger partial charge in [-0.25, -0.2) is 0 Å². The number of rotatable bonds is 8. The van der Waals surface area contributed by atoms with Crippen molar-refractivity contribution in [1.29, 1.82) is 0 Å². The molecule has 0 radical (unpaired) electrons. The standard InChI is InChI=1S/C15H31N3O/c1-4-5-6-7-10-16-14-8-11-18(12-9-14)13-15(19)17(2)3/h14,16H,4-13H2,1-3H3. The molecule has 0 spiro atoms. The second-order valence-corrected chi connectivity index (χ2v) is 5.85. The Bertz CT molecular complexity index is 248. The van der Waals surface area contributed by atoms with Gasteiger partial charge >= 0.3 is 0 Å². The second kappa shape index (κ2) is 9.32. The van der Waals surface area contributed by atoms with Gasteiger partial charge in [-0.05, 0) is 25.8 Å². The van der Waals surface area contributed by atoms with Crippen LogP contribution in [0.4, 0.5) is 0 Å². The molecule has 0 bridgehead atoms. The van der Waals surface area contributed by atoms with Crippen LogP contribution in [0.1, 0.15) is 45.4 Å². The minimum absolute atomic E-state index is 0.214. The molecule has 0 aliphatic carbocycles. The van der Waals surface area contributed by atoms with E-state index in [1.807, 2.05) is 14.1 Å². The van der Waals surface area contributed by atoms with E-state index >= 15 is 0 Å². The first kappa shape index (κ1) is 16.4. The van der Waals surface area contributed by atoms with E-state index in [0.29, 0.717) is 12.6 Å². The van der Waals surface area contributed by atoms with Gasteiger partial charge in [-0.2, -0.15) is 0 Å². The Kier molecular flexibility index (Phi) is 8.07. The van der Waals surface area contributed by atoms with Crippen LogP contribution in [-0.4, -0.2) is 62.0 Å². The lowest BCUT2D eigenvalue weighted by Crippen LogP contribution is -2.46. The van der Waals surface area contributed by atoms with Gasteiger partial charge in [-0.3, -0.25) is 9.69 Å². The molecule has 1 rings (SSSR count). The molecular weight excluding hydrogens is 238 g/mol. The third kappa shape index (κ3) is 6.92. The number of carbonyl (C=O) groups is 1. The summed E-state index contributed by atoms with van der Waals surface area (Å²) in [5.74, 6) is 0.214. The maximum atomic E-state index is 11.6. The van der Waals surface area contributed by atoms with Gasteiger partial charge in [-0.1, -0.05) is 26.2 Å². The van der Waals surface area contributed by atoms with Gasteiger partial charge in [0.2, 0.25) is 5.91 Å². The number of hydrogen-bond acceptors (Lipinski definition) is 3. The fourth-order valence-electron chi connectivity index (χ4n) is 2.49. The number of unbranched alkanes of at least 4 members (excludes halogenated alkanes) is 3. The Morgan fingerprint density at radius 2 is 1.89 bits per heavy atom. The monoisotopic (exact) mass is 269 g/mol. The minimum Gasteiger partial charge on any atom is -0.348 e. The van der Waals surface area contributed by atoms with Crippen LogP contribution >= 0.6 is 0 Å². The summed E-state index contributed by atoms with van der Waals surface area (Å²) < 4.78 is 0. The summed E-state index contributed by atoms with van der Waals surface area (Å²) >= 11 is 0. The van der Waals surface area contributed by atoms with Gasteiger partial charge in [0.1, 0.15) is 0 Å². The first-order valence-electron chi connectivity index (χ1n) is 7.79. The lowest BCUT2D eigenvalue weighted by atomic mass is 10.0. The Labute approximate surface area is 118 Å². The van der Waals surface area contributed by atoms with Crippen molar-refractivity contribution in [3.05, 3.63) is 0 Å². The first-order chi connectivity index (χ1) is 9.13. The zero-order valence-corrected chi connectivity index (χ0v) is 13.0. The van der Waals surface area contributed by atoms with E-state index in [4.69, 9.17) is 0 Å². The van der Waals surface area contributed by atoms with Gasteiger partial charge in [0.15, 0.2) is 0 Å². The zero-order valence-electron chi connectivity index (χ0n) is 13.0. The van der Waals surface area contributed by atoms with Crippen molar-refractivity contribution < 1.29 is 4.79 Å². The minimum atomic E-state index is 0.214. The summed E-state index contributed by atoms with van der Waals surface area (Å²) in [6.07, 6.45) is 7.65. The SMILES string of the molecule is CCCCCCNC1CCN(CC(=O)N(C)C)CC1. The second-order valence-electron chi connectivity index (χ2n) is 5.85. The van der Waals surface area contributed by atoms with Crippen molar-refractivity contribution in [3.63, 3.8) is 0 Å². The fourth-order valence-corrected chi connectivity index (χ4v) is 2.49. The van der Waals surface area contributed by atoms with Crippen molar-refractivity contribution in [1.82, 2.24) is 15.1 Å². The molecule has 4 heteroatoms. The molecule has 19 heavy (non-hydrogen) atoms. The van der Waals surface area contributed by atoms with E-state index in [1.165, 1.54) is 38.5 Å². The van der Waals surface area contributed by atoms with Gasteiger partial charge in [0.25, 0.3) is 0 Å². The molecule has 0 aromatic carbocycles. The quantitative estimate of drug-likeness (QED) is 0.681. The Hall–Kier alpha value is -0.610. The van der Waals surface area contributed by atoms with Crippen LogP contribution < -0.4 is 5.32 Å². The van der Waals surface area contributed by atoms with Gasteiger partial charge in [-0.15, -0.1) is 0 Å². The number of likely N-dealkylation sites (tertiary alicyclic amines) is 1. The highest BCUT2D eigenvalue weighted by Crippen LogP contribution is 2.10. The van der Waals surface area contributed by atoms with Crippen LogP contribution in [0.25, 0.3) is 0 Å². The molecule has 0 aromatic heterocycles. The number of nitrogens with zero attached hydrogens (tertiary/aromatic N) is 2. The highest BCUT2D eigenvalue weighted by atomic mass is 16.2. The van der Waals surface area contributed by atoms with Crippen LogP contribution in [0.15, 0.2) is 0 Å². The molecule has 4 nitrogen and oxygen atoms in total. The maximum Gasteiger partial charge on any atom is 0.236 e. The third-order valence-electron chi connectivity index (χ3n) is 3.91. The Morgan fingerprint density at radius 1 is 1.21 bits per heavy atom. The van der Waals surface area contributed by atoms with E-state index in [-0.39, 0.29) is 5.91 Å². The molecular formula is C15H31N3O. The van der Waals surface area contributed by atoms with E-state index in [2.05, 4.69) is 17.1 Å². The van der Waals surface area contributed by atoms with Crippen molar-refractivity contribution in [2.75, 3.05) is 40.3 Å². The lowest BCUT2D eigenvalue weighted by molar-refractivity contribution is -0.130. The number of likely N-dealkylation sites (N-methyl/N-ethyl adjacent to an activating group) is 1.